The molecule has 0 aliphatic heterocycles. The highest BCUT2D eigenvalue weighted by atomic mass is 16.6. The average molecular weight is 278 g/mol. The van der Waals surface area contributed by atoms with Crippen molar-refractivity contribution in [2.45, 2.75) is 39.2 Å². The standard InChI is InChI=1S/C15H22N2O3/c1-10-7-8-12(9-11(10)2)16-13-5-4-6-14(20-3)15(13)17(18)19/h4-6,10-12,16H,7-9H2,1-3H3. The number of para-hydroxylation sites is 1. The van der Waals surface area contributed by atoms with E-state index >= 15 is 0 Å². The zero-order chi connectivity index (χ0) is 14.7. The molecule has 0 aromatic heterocycles. The molecule has 1 aliphatic rings. The van der Waals surface area contributed by atoms with E-state index in [-0.39, 0.29) is 10.6 Å². The van der Waals surface area contributed by atoms with Crippen molar-refractivity contribution in [3.8, 4) is 5.75 Å². The Kier molecular flexibility index (Phi) is 4.47. The topological polar surface area (TPSA) is 64.4 Å². The molecule has 2 rings (SSSR count). The molecule has 0 spiro atoms. The molecule has 110 valence electrons. The molecule has 0 radical (unpaired) electrons. The fraction of sp³-hybridized carbons (Fsp3) is 0.600. The van der Waals surface area contributed by atoms with Crippen LogP contribution in [0.25, 0.3) is 0 Å². The summed E-state index contributed by atoms with van der Waals surface area (Å²) in [6, 6.07) is 5.45. The van der Waals surface area contributed by atoms with Crippen LogP contribution in [0.3, 0.4) is 0 Å². The van der Waals surface area contributed by atoms with Crippen molar-refractivity contribution in [3.63, 3.8) is 0 Å². The zero-order valence-corrected chi connectivity index (χ0v) is 12.3. The molecule has 1 saturated carbocycles. The number of hydrogen-bond donors (Lipinski definition) is 1. The number of anilines is 1. The predicted octanol–water partition coefficient (Wildman–Crippen LogP) is 3.84. The van der Waals surface area contributed by atoms with Crippen LogP contribution in [0.2, 0.25) is 0 Å². The summed E-state index contributed by atoms with van der Waals surface area (Å²) >= 11 is 0. The summed E-state index contributed by atoms with van der Waals surface area (Å²) in [5, 5.41) is 14.6. The normalized spacial score (nSPS) is 26.1. The Morgan fingerprint density at radius 2 is 2.05 bits per heavy atom. The number of ether oxygens (including phenoxy) is 1. The first-order valence-electron chi connectivity index (χ1n) is 7.10. The zero-order valence-electron chi connectivity index (χ0n) is 12.3. The molecule has 1 fully saturated rings. The number of hydrogen-bond acceptors (Lipinski definition) is 4. The van der Waals surface area contributed by atoms with E-state index in [4.69, 9.17) is 4.74 Å². The maximum atomic E-state index is 11.2. The molecule has 1 aliphatic carbocycles. The van der Waals surface area contributed by atoms with E-state index in [0.29, 0.717) is 23.4 Å². The van der Waals surface area contributed by atoms with Gasteiger partial charge in [0.25, 0.3) is 0 Å². The van der Waals surface area contributed by atoms with E-state index in [9.17, 15) is 10.1 Å². The highest BCUT2D eigenvalue weighted by molar-refractivity contribution is 5.68. The Morgan fingerprint density at radius 3 is 2.65 bits per heavy atom. The molecule has 1 aromatic rings. The number of nitro benzene ring substituents is 1. The summed E-state index contributed by atoms with van der Waals surface area (Å²) in [7, 11) is 1.45. The third-order valence-corrected chi connectivity index (χ3v) is 4.36. The van der Waals surface area contributed by atoms with Crippen LogP contribution in [0.15, 0.2) is 18.2 Å². The summed E-state index contributed by atoms with van der Waals surface area (Å²) < 4.78 is 5.09. The van der Waals surface area contributed by atoms with Gasteiger partial charge in [-0.3, -0.25) is 10.1 Å². The predicted molar refractivity (Wildman–Crippen MR) is 79.2 cm³/mol. The first-order chi connectivity index (χ1) is 9.52. The van der Waals surface area contributed by atoms with Crippen molar-refractivity contribution in [3.05, 3.63) is 28.3 Å². The van der Waals surface area contributed by atoms with E-state index in [1.807, 2.05) is 0 Å². The minimum Gasteiger partial charge on any atom is -0.490 e. The summed E-state index contributed by atoms with van der Waals surface area (Å²) in [6.07, 6.45) is 3.27. The number of nitrogens with zero attached hydrogens (tertiary/aromatic N) is 1. The smallest absolute Gasteiger partial charge is 0.333 e. The number of benzene rings is 1. The second kappa shape index (κ2) is 6.11. The Bertz CT molecular complexity index is 490. The third-order valence-electron chi connectivity index (χ3n) is 4.36. The van der Waals surface area contributed by atoms with Gasteiger partial charge in [0.1, 0.15) is 5.69 Å². The molecule has 3 atom stereocenters. The van der Waals surface area contributed by atoms with Crippen LogP contribution in [-0.2, 0) is 0 Å². The summed E-state index contributed by atoms with van der Waals surface area (Å²) in [5.74, 6) is 1.68. The van der Waals surface area contributed by atoms with Gasteiger partial charge in [-0.1, -0.05) is 19.9 Å². The molecule has 0 bridgehead atoms. The molecule has 20 heavy (non-hydrogen) atoms. The van der Waals surface area contributed by atoms with E-state index in [1.165, 1.54) is 7.11 Å². The summed E-state index contributed by atoms with van der Waals surface area (Å²) in [5.41, 5.74) is 0.586. The Hall–Kier alpha value is -1.78. The Balaban J connectivity index is 2.19. The minimum absolute atomic E-state index is 0.0290. The van der Waals surface area contributed by atoms with Gasteiger partial charge in [0.15, 0.2) is 5.75 Å². The second-order valence-electron chi connectivity index (χ2n) is 5.72. The average Bonchev–Trinajstić information content (AvgIpc) is 2.42. The number of methoxy groups -OCH3 is 1. The molecule has 3 unspecified atom stereocenters. The lowest BCUT2D eigenvalue weighted by atomic mass is 9.79. The molecular weight excluding hydrogens is 256 g/mol. The molecule has 5 heteroatoms. The van der Waals surface area contributed by atoms with Gasteiger partial charge in [0.2, 0.25) is 0 Å². The maximum Gasteiger partial charge on any atom is 0.333 e. The first kappa shape index (κ1) is 14.6. The number of nitrogens with one attached hydrogen (secondary N) is 1. The molecule has 1 N–H and O–H groups in total. The van der Waals surface area contributed by atoms with E-state index in [1.54, 1.807) is 18.2 Å². The first-order valence-corrected chi connectivity index (χ1v) is 7.10. The molecular formula is C15H22N2O3. The van der Waals surface area contributed by atoms with Crippen molar-refractivity contribution in [1.82, 2.24) is 0 Å². The van der Waals surface area contributed by atoms with Crippen LogP contribution in [0.1, 0.15) is 33.1 Å². The van der Waals surface area contributed by atoms with E-state index in [2.05, 4.69) is 19.2 Å². The van der Waals surface area contributed by atoms with Crippen LogP contribution in [0, 0.1) is 22.0 Å². The van der Waals surface area contributed by atoms with Crippen molar-refractivity contribution in [2.75, 3.05) is 12.4 Å². The van der Waals surface area contributed by atoms with Crippen molar-refractivity contribution >= 4 is 11.4 Å². The van der Waals surface area contributed by atoms with Crippen LogP contribution in [0.4, 0.5) is 11.4 Å². The lowest BCUT2D eigenvalue weighted by Crippen LogP contribution is -2.30. The van der Waals surface area contributed by atoms with Crippen LogP contribution in [-0.4, -0.2) is 18.1 Å². The second-order valence-corrected chi connectivity index (χ2v) is 5.72. The van der Waals surface area contributed by atoms with Gasteiger partial charge in [-0.2, -0.15) is 0 Å². The van der Waals surface area contributed by atoms with Crippen molar-refractivity contribution < 1.29 is 9.66 Å². The molecule has 5 nitrogen and oxygen atoms in total. The van der Waals surface area contributed by atoms with E-state index < -0.39 is 0 Å². The SMILES string of the molecule is COc1cccc(NC2CCC(C)C(C)C2)c1[N+](=O)[O-]. The quantitative estimate of drug-likeness (QED) is 0.671. The molecule has 0 saturated heterocycles. The lowest BCUT2D eigenvalue weighted by molar-refractivity contribution is -0.384. The Labute approximate surface area is 119 Å². The van der Waals surface area contributed by atoms with E-state index in [0.717, 1.165) is 25.2 Å². The highest BCUT2D eigenvalue weighted by Crippen LogP contribution is 2.37. The number of nitro groups is 1. The summed E-state index contributed by atoms with van der Waals surface area (Å²) in [4.78, 5) is 10.9. The maximum absolute atomic E-state index is 11.2. The highest BCUT2D eigenvalue weighted by Gasteiger charge is 2.27. The Morgan fingerprint density at radius 1 is 1.30 bits per heavy atom. The van der Waals surface area contributed by atoms with Gasteiger partial charge in [-0.15, -0.1) is 0 Å². The van der Waals surface area contributed by atoms with Crippen LogP contribution in [0.5, 0.6) is 5.75 Å². The van der Waals surface area contributed by atoms with Gasteiger partial charge < -0.3 is 10.1 Å². The van der Waals surface area contributed by atoms with Gasteiger partial charge in [-0.25, -0.2) is 0 Å². The lowest BCUT2D eigenvalue weighted by Gasteiger charge is -2.33. The van der Waals surface area contributed by atoms with Crippen LogP contribution < -0.4 is 10.1 Å². The van der Waals surface area contributed by atoms with Gasteiger partial charge in [0.05, 0.1) is 12.0 Å². The fourth-order valence-corrected chi connectivity index (χ4v) is 2.89. The van der Waals surface area contributed by atoms with Gasteiger partial charge >= 0.3 is 5.69 Å². The molecule has 1 aromatic carbocycles. The van der Waals surface area contributed by atoms with Gasteiger partial charge in [-0.05, 0) is 43.2 Å². The molecule has 0 amide bonds. The van der Waals surface area contributed by atoms with Gasteiger partial charge in [0, 0.05) is 6.04 Å². The summed E-state index contributed by atoms with van der Waals surface area (Å²) in [6.45, 7) is 4.52. The largest absolute Gasteiger partial charge is 0.490 e. The monoisotopic (exact) mass is 278 g/mol. The molecule has 0 heterocycles. The minimum atomic E-state index is -0.379. The third kappa shape index (κ3) is 3.03. The van der Waals surface area contributed by atoms with Crippen LogP contribution >= 0.6 is 0 Å². The van der Waals surface area contributed by atoms with Crippen molar-refractivity contribution in [2.24, 2.45) is 11.8 Å². The number of rotatable bonds is 4. The van der Waals surface area contributed by atoms with Crippen molar-refractivity contribution in [1.29, 1.82) is 0 Å². The fourth-order valence-electron chi connectivity index (χ4n) is 2.89.